The first-order valence-corrected chi connectivity index (χ1v) is 9.88. The van der Waals surface area contributed by atoms with E-state index in [1.807, 2.05) is 0 Å². The minimum atomic E-state index is -2.11. The van der Waals surface area contributed by atoms with Crippen molar-refractivity contribution in [2.45, 2.75) is 45.1 Å². The number of nitrogens with zero attached hydrogens (tertiary/aromatic N) is 1. The average molecular weight is 391 g/mol. The number of hydrogen-bond acceptors (Lipinski definition) is 7. The van der Waals surface area contributed by atoms with Crippen molar-refractivity contribution in [3.05, 3.63) is 35.9 Å². The number of rotatable bonds is 9. The van der Waals surface area contributed by atoms with E-state index in [9.17, 15) is 14.4 Å². The van der Waals surface area contributed by atoms with E-state index < -0.39 is 23.5 Å². The van der Waals surface area contributed by atoms with Gasteiger partial charge in [0.2, 0.25) is 0 Å². The number of carbonyl (C=O) groups is 3. The van der Waals surface area contributed by atoms with E-state index >= 15 is 0 Å². The largest absolute Gasteiger partial charge is 0.463 e. The van der Waals surface area contributed by atoms with Crippen LogP contribution in [0.3, 0.4) is 0 Å². The van der Waals surface area contributed by atoms with E-state index in [1.54, 1.807) is 44.2 Å². The Kier molecular flexibility index (Phi) is 8.44. The summed E-state index contributed by atoms with van der Waals surface area (Å²) in [6.07, 6.45) is 3.29. The molecule has 7 nitrogen and oxygen atoms in total. The fourth-order valence-corrected chi connectivity index (χ4v) is 3.21. The third kappa shape index (κ3) is 5.55. The van der Waals surface area contributed by atoms with Crippen LogP contribution in [0.5, 0.6) is 0 Å². The van der Waals surface area contributed by atoms with Gasteiger partial charge in [0.1, 0.15) is 0 Å². The molecule has 0 aromatic heterocycles. The molecule has 2 rings (SSSR count). The van der Waals surface area contributed by atoms with Crippen LogP contribution in [0.15, 0.2) is 30.3 Å². The molecular formula is C21H29NO6. The summed E-state index contributed by atoms with van der Waals surface area (Å²) >= 11 is 0. The van der Waals surface area contributed by atoms with Crippen molar-refractivity contribution in [1.29, 1.82) is 0 Å². The summed E-state index contributed by atoms with van der Waals surface area (Å²) in [5.74, 6) is -2.55. The molecule has 0 aliphatic carbocycles. The maximum Gasteiger partial charge on any atom is 0.362 e. The van der Waals surface area contributed by atoms with Crippen LogP contribution in [0.25, 0.3) is 0 Å². The predicted octanol–water partition coefficient (Wildman–Crippen LogP) is 2.58. The maximum absolute atomic E-state index is 12.8. The number of piperidine rings is 1. The van der Waals surface area contributed by atoms with E-state index in [2.05, 4.69) is 4.90 Å². The van der Waals surface area contributed by atoms with Gasteiger partial charge in [-0.2, -0.15) is 0 Å². The fourth-order valence-electron chi connectivity index (χ4n) is 3.21. The Balaban J connectivity index is 2.29. The van der Waals surface area contributed by atoms with Crippen LogP contribution in [0.4, 0.5) is 0 Å². The van der Waals surface area contributed by atoms with Gasteiger partial charge in [0.15, 0.2) is 0 Å². The van der Waals surface area contributed by atoms with Gasteiger partial charge in [-0.3, -0.25) is 0 Å². The van der Waals surface area contributed by atoms with E-state index in [-0.39, 0.29) is 25.2 Å². The van der Waals surface area contributed by atoms with Gasteiger partial charge in [0, 0.05) is 13.0 Å². The number of likely N-dealkylation sites (tertiary alicyclic amines) is 1. The highest BCUT2D eigenvalue weighted by Crippen LogP contribution is 2.25. The van der Waals surface area contributed by atoms with Crippen LogP contribution < -0.4 is 0 Å². The number of esters is 3. The van der Waals surface area contributed by atoms with Gasteiger partial charge < -0.3 is 19.1 Å². The first-order chi connectivity index (χ1) is 13.5. The molecule has 0 bridgehead atoms. The lowest BCUT2D eigenvalue weighted by Crippen LogP contribution is -2.54. The molecule has 0 amide bonds. The molecule has 1 aliphatic heterocycles. The molecule has 0 radical (unpaired) electrons. The molecule has 1 heterocycles. The van der Waals surface area contributed by atoms with Crippen LogP contribution in [-0.2, 0) is 23.8 Å². The Morgan fingerprint density at radius 1 is 0.929 bits per heavy atom. The third-order valence-corrected chi connectivity index (χ3v) is 4.72. The predicted molar refractivity (Wildman–Crippen MR) is 103 cm³/mol. The molecule has 7 heteroatoms. The van der Waals surface area contributed by atoms with Gasteiger partial charge in [0.05, 0.1) is 18.8 Å². The van der Waals surface area contributed by atoms with E-state index in [1.165, 1.54) is 6.42 Å². The molecule has 1 saturated heterocycles. The van der Waals surface area contributed by atoms with Gasteiger partial charge in [-0.15, -0.1) is 0 Å². The summed E-state index contributed by atoms with van der Waals surface area (Å²) in [6, 6.07) is 8.25. The molecule has 1 fully saturated rings. The van der Waals surface area contributed by atoms with Crippen molar-refractivity contribution in [2.75, 3.05) is 32.8 Å². The zero-order chi connectivity index (χ0) is 20.4. The van der Waals surface area contributed by atoms with Crippen LogP contribution in [0.2, 0.25) is 0 Å². The lowest BCUT2D eigenvalue weighted by molar-refractivity contribution is -0.185. The lowest BCUT2D eigenvalue weighted by Gasteiger charge is -2.32. The molecule has 0 atom stereocenters. The second kappa shape index (κ2) is 10.8. The molecule has 1 aromatic carbocycles. The highest BCUT2D eigenvalue weighted by molar-refractivity contribution is 6.06. The van der Waals surface area contributed by atoms with Crippen molar-refractivity contribution in [3.8, 4) is 0 Å². The normalized spacial score (nSPS) is 14.9. The number of hydrogen-bond donors (Lipinski definition) is 0. The summed E-state index contributed by atoms with van der Waals surface area (Å²) in [7, 11) is 0. The Labute approximate surface area is 165 Å². The van der Waals surface area contributed by atoms with Crippen LogP contribution >= 0.6 is 0 Å². The van der Waals surface area contributed by atoms with Gasteiger partial charge >= 0.3 is 23.5 Å². The van der Waals surface area contributed by atoms with Gasteiger partial charge in [-0.1, -0.05) is 24.6 Å². The zero-order valence-corrected chi connectivity index (χ0v) is 16.6. The molecule has 28 heavy (non-hydrogen) atoms. The monoisotopic (exact) mass is 391 g/mol. The SMILES string of the molecule is CCOC(=O)C(CCN1CCCCC1)(OC(=O)c1ccccc1)C(=O)OCC. The van der Waals surface area contributed by atoms with Gasteiger partial charge in [0.25, 0.3) is 0 Å². The minimum Gasteiger partial charge on any atom is -0.463 e. The second-order valence-corrected chi connectivity index (χ2v) is 6.68. The zero-order valence-electron chi connectivity index (χ0n) is 16.6. The summed E-state index contributed by atoms with van der Waals surface area (Å²) in [5, 5.41) is 0. The minimum absolute atomic E-state index is 0.0107. The Morgan fingerprint density at radius 2 is 1.50 bits per heavy atom. The summed E-state index contributed by atoms with van der Waals surface area (Å²) < 4.78 is 15.8. The molecule has 0 saturated carbocycles. The number of ether oxygens (including phenoxy) is 3. The number of benzene rings is 1. The molecule has 0 spiro atoms. The lowest BCUT2D eigenvalue weighted by atomic mass is 9.97. The van der Waals surface area contributed by atoms with E-state index in [0.29, 0.717) is 6.54 Å². The maximum atomic E-state index is 12.8. The molecule has 1 aliphatic rings. The van der Waals surface area contributed by atoms with Crippen molar-refractivity contribution in [3.63, 3.8) is 0 Å². The quantitative estimate of drug-likeness (QED) is 0.363. The topological polar surface area (TPSA) is 82.1 Å². The highest BCUT2D eigenvalue weighted by Gasteiger charge is 2.53. The highest BCUT2D eigenvalue weighted by atomic mass is 16.6. The fraction of sp³-hybridized carbons (Fsp3) is 0.571. The van der Waals surface area contributed by atoms with Crippen LogP contribution in [0, 0.1) is 0 Å². The standard InChI is InChI=1S/C21H29NO6/c1-3-26-19(24)21(20(25)27-4-2,13-16-22-14-9-6-10-15-22)28-18(23)17-11-7-5-8-12-17/h5,7-8,11-12H,3-4,6,9-10,13-16H2,1-2H3. The Bertz CT molecular complexity index is 636. The van der Waals surface area contributed by atoms with Crippen molar-refractivity contribution >= 4 is 17.9 Å². The second-order valence-electron chi connectivity index (χ2n) is 6.68. The van der Waals surface area contributed by atoms with Crippen LogP contribution in [-0.4, -0.2) is 61.3 Å². The Morgan fingerprint density at radius 3 is 2.04 bits per heavy atom. The average Bonchev–Trinajstić information content (AvgIpc) is 2.72. The molecule has 154 valence electrons. The van der Waals surface area contributed by atoms with E-state index in [4.69, 9.17) is 14.2 Å². The smallest absolute Gasteiger partial charge is 0.362 e. The van der Waals surface area contributed by atoms with Crippen molar-refractivity contribution in [1.82, 2.24) is 4.90 Å². The number of carbonyl (C=O) groups excluding carboxylic acids is 3. The van der Waals surface area contributed by atoms with Gasteiger partial charge in [-0.05, 0) is 51.9 Å². The summed E-state index contributed by atoms with van der Waals surface area (Å²) in [6.45, 7) is 5.59. The molecular weight excluding hydrogens is 362 g/mol. The first kappa shape index (κ1) is 21.9. The Hall–Kier alpha value is -2.41. The first-order valence-electron chi connectivity index (χ1n) is 9.88. The third-order valence-electron chi connectivity index (χ3n) is 4.72. The molecule has 0 N–H and O–H groups in total. The molecule has 0 unspecified atom stereocenters. The van der Waals surface area contributed by atoms with Gasteiger partial charge in [-0.25, -0.2) is 14.4 Å². The summed E-state index contributed by atoms with van der Waals surface area (Å²) in [4.78, 5) is 40.4. The molecule has 1 aromatic rings. The van der Waals surface area contributed by atoms with Crippen molar-refractivity contribution in [2.24, 2.45) is 0 Å². The summed E-state index contributed by atoms with van der Waals surface area (Å²) in [5.41, 5.74) is -1.87. The van der Waals surface area contributed by atoms with Crippen LogP contribution in [0.1, 0.15) is 49.9 Å². The van der Waals surface area contributed by atoms with E-state index in [0.717, 1.165) is 25.9 Å². The van der Waals surface area contributed by atoms with Crippen molar-refractivity contribution < 1.29 is 28.6 Å².